The van der Waals surface area contributed by atoms with Gasteiger partial charge < -0.3 is 10.2 Å². The molecule has 2 N–H and O–H groups in total. The van der Waals surface area contributed by atoms with Crippen LogP contribution in [-0.4, -0.2) is 33.2 Å². The number of carbonyl (C=O) groups is 1. The van der Waals surface area contributed by atoms with Crippen LogP contribution in [0.25, 0.3) is 0 Å². The Morgan fingerprint density at radius 3 is 2.73 bits per heavy atom. The summed E-state index contributed by atoms with van der Waals surface area (Å²) >= 11 is 1.47. The number of aromatic nitrogens is 1. The highest BCUT2D eigenvalue weighted by atomic mass is 32.1. The molecule has 3 aliphatic carbocycles. The number of aliphatic hydroxyl groups excluding tert-OH is 2. The van der Waals surface area contributed by atoms with Crippen molar-refractivity contribution in [3.8, 4) is 0 Å². The predicted octanol–water partition coefficient (Wildman–Crippen LogP) is 6.42. The summed E-state index contributed by atoms with van der Waals surface area (Å²) in [5.74, 6) is 2.19. The summed E-state index contributed by atoms with van der Waals surface area (Å²) in [6, 6.07) is 0. The number of fused-ring (bicyclic) bond motifs is 1. The summed E-state index contributed by atoms with van der Waals surface area (Å²) in [6.07, 6.45) is 14.6. The van der Waals surface area contributed by atoms with Crippen molar-refractivity contribution in [1.29, 1.82) is 0 Å². The van der Waals surface area contributed by atoms with Gasteiger partial charge in [-0.05, 0) is 94.3 Å². The molecule has 182 valence electrons. The number of rotatable bonds is 7. The standard InChI is InChI=1S/C28H41NO3S/c1-18(6-4-8-26(32)27-29-19(2)17-33-27)24-11-12-25-21(7-5-13-28(24,25)3)10-9-20-14-22(30)16-23(31)15-20/h9-10,17-18,22-25,30-31H,4-8,11-16H2,1-3H3/b20-9?,21-10-/t18?,22-,23+,24-,25?,28-/m1/s1. The maximum atomic E-state index is 12.4. The number of nitrogens with zero attached hydrogens (tertiary/aromatic N) is 1. The minimum Gasteiger partial charge on any atom is -0.393 e. The van der Waals surface area contributed by atoms with Crippen LogP contribution >= 0.6 is 11.3 Å². The van der Waals surface area contributed by atoms with Gasteiger partial charge in [0.2, 0.25) is 0 Å². The van der Waals surface area contributed by atoms with E-state index in [-0.39, 0.29) is 5.78 Å². The molecule has 33 heavy (non-hydrogen) atoms. The van der Waals surface area contributed by atoms with Crippen molar-refractivity contribution >= 4 is 17.1 Å². The monoisotopic (exact) mass is 471 g/mol. The summed E-state index contributed by atoms with van der Waals surface area (Å²) in [4.78, 5) is 16.8. The van der Waals surface area contributed by atoms with Crippen LogP contribution < -0.4 is 0 Å². The first kappa shape index (κ1) is 24.8. The van der Waals surface area contributed by atoms with Gasteiger partial charge in [-0.1, -0.05) is 37.1 Å². The van der Waals surface area contributed by atoms with Crippen LogP contribution in [0.2, 0.25) is 0 Å². The van der Waals surface area contributed by atoms with Crippen LogP contribution in [0.4, 0.5) is 0 Å². The van der Waals surface area contributed by atoms with E-state index in [2.05, 4.69) is 31.0 Å². The highest BCUT2D eigenvalue weighted by Gasteiger charge is 2.50. The van der Waals surface area contributed by atoms with Crippen LogP contribution in [-0.2, 0) is 0 Å². The second kappa shape index (κ2) is 10.5. The second-order valence-electron chi connectivity index (χ2n) is 11.2. The molecule has 1 heterocycles. The lowest BCUT2D eigenvalue weighted by atomic mass is 9.60. The maximum Gasteiger partial charge on any atom is 0.191 e. The molecule has 4 nitrogen and oxygen atoms in total. The molecule has 1 aromatic heterocycles. The minimum atomic E-state index is -0.404. The zero-order valence-corrected chi connectivity index (χ0v) is 21.4. The summed E-state index contributed by atoms with van der Waals surface area (Å²) in [5.41, 5.74) is 4.05. The van der Waals surface area contributed by atoms with E-state index >= 15 is 0 Å². The topological polar surface area (TPSA) is 70.4 Å². The Hall–Kier alpha value is -1.30. The van der Waals surface area contributed by atoms with E-state index in [0.717, 1.165) is 24.5 Å². The number of ketones is 1. The molecule has 0 aliphatic heterocycles. The van der Waals surface area contributed by atoms with Crippen molar-refractivity contribution in [2.45, 2.75) is 104 Å². The van der Waals surface area contributed by atoms with E-state index in [9.17, 15) is 15.0 Å². The van der Waals surface area contributed by atoms with Crippen molar-refractivity contribution in [2.75, 3.05) is 0 Å². The third-order valence-corrected chi connectivity index (χ3v) is 9.72. The fraction of sp³-hybridized carbons (Fsp3) is 0.714. The largest absolute Gasteiger partial charge is 0.393 e. The first-order valence-corrected chi connectivity index (χ1v) is 13.8. The van der Waals surface area contributed by atoms with Gasteiger partial charge >= 0.3 is 0 Å². The number of hydrogen-bond donors (Lipinski definition) is 2. The van der Waals surface area contributed by atoms with Gasteiger partial charge in [-0.3, -0.25) is 4.79 Å². The number of allylic oxidation sites excluding steroid dienone is 3. The molecule has 0 saturated heterocycles. The van der Waals surface area contributed by atoms with Crippen molar-refractivity contribution in [3.63, 3.8) is 0 Å². The molecule has 0 aromatic carbocycles. The number of aliphatic hydroxyl groups is 2. The predicted molar refractivity (Wildman–Crippen MR) is 134 cm³/mol. The zero-order chi connectivity index (χ0) is 23.6. The van der Waals surface area contributed by atoms with Crippen molar-refractivity contribution in [1.82, 2.24) is 4.98 Å². The summed E-state index contributed by atoms with van der Waals surface area (Å²) in [6.45, 7) is 6.86. The summed E-state index contributed by atoms with van der Waals surface area (Å²) < 4.78 is 0. The van der Waals surface area contributed by atoms with Crippen molar-refractivity contribution in [2.24, 2.45) is 23.2 Å². The van der Waals surface area contributed by atoms with E-state index in [1.165, 1.54) is 49.0 Å². The molecule has 0 spiro atoms. The third-order valence-electron chi connectivity index (χ3n) is 8.72. The molecular weight excluding hydrogens is 430 g/mol. The lowest BCUT2D eigenvalue weighted by molar-refractivity contribution is 0.0609. The summed E-state index contributed by atoms with van der Waals surface area (Å²) in [7, 11) is 0. The van der Waals surface area contributed by atoms with E-state index in [0.29, 0.717) is 47.9 Å². The minimum absolute atomic E-state index is 0.199. The average molecular weight is 472 g/mol. The van der Waals surface area contributed by atoms with Gasteiger partial charge in [0.15, 0.2) is 10.8 Å². The Bertz CT molecular complexity index is 891. The molecular formula is C28H41NO3S. The number of carbonyl (C=O) groups excluding carboxylic acids is 1. The lowest BCUT2D eigenvalue weighted by Gasteiger charge is -2.44. The van der Waals surface area contributed by atoms with E-state index in [4.69, 9.17) is 0 Å². The number of Topliss-reactive ketones (excluding diaryl/α,β-unsaturated/α-hetero) is 1. The van der Waals surface area contributed by atoms with Crippen LogP contribution in [0, 0.1) is 30.1 Å². The van der Waals surface area contributed by atoms with Gasteiger partial charge in [-0.25, -0.2) is 4.98 Å². The zero-order valence-electron chi connectivity index (χ0n) is 20.6. The Morgan fingerprint density at radius 1 is 1.27 bits per heavy atom. The fourth-order valence-electron chi connectivity index (χ4n) is 7.12. The first-order chi connectivity index (χ1) is 15.8. The molecule has 6 atom stereocenters. The van der Waals surface area contributed by atoms with E-state index < -0.39 is 12.2 Å². The first-order valence-electron chi connectivity index (χ1n) is 13.0. The molecule has 1 aromatic rings. The molecule has 2 unspecified atom stereocenters. The van der Waals surface area contributed by atoms with Gasteiger partial charge in [0.05, 0.1) is 12.2 Å². The average Bonchev–Trinajstić information content (AvgIpc) is 3.34. The van der Waals surface area contributed by atoms with Crippen LogP contribution in [0.5, 0.6) is 0 Å². The number of aryl methyl sites for hydroxylation is 1. The summed E-state index contributed by atoms with van der Waals surface area (Å²) in [5, 5.41) is 22.6. The maximum absolute atomic E-state index is 12.4. The SMILES string of the molecule is Cc1csc(C(=O)CCCC(C)[C@H]2CCC3/C(=C\C=C4C[C@@H](O)C[C@@H](O)C4)CCC[C@@]32C)n1. The number of thiazole rings is 1. The normalized spacial score (nSPS) is 35.7. The highest BCUT2D eigenvalue weighted by Crippen LogP contribution is 2.59. The van der Waals surface area contributed by atoms with Gasteiger partial charge in [0.1, 0.15) is 0 Å². The van der Waals surface area contributed by atoms with Gasteiger partial charge in [0.25, 0.3) is 0 Å². The lowest BCUT2D eigenvalue weighted by Crippen LogP contribution is -2.36. The molecule has 5 heteroatoms. The van der Waals surface area contributed by atoms with Gasteiger partial charge in [-0.2, -0.15) is 0 Å². The molecule has 3 saturated carbocycles. The van der Waals surface area contributed by atoms with Crippen LogP contribution in [0.15, 0.2) is 28.7 Å². The van der Waals surface area contributed by atoms with E-state index in [1.807, 2.05) is 12.3 Å². The Morgan fingerprint density at radius 2 is 2.03 bits per heavy atom. The smallest absolute Gasteiger partial charge is 0.191 e. The Balaban J connectivity index is 1.36. The molecule has 0 amide bonds. The second-order valence-corrected chi connectivity index (χ2v) is 12.1. The van der Waals surface area contributed by atoms with Crippen molar-refractivity contribution in [3.05, 3.63) is 39.4 Å². The molecule has 0 radical (unpaired) electrons. The molecule has 0 bridgehead atoms. The Kier molecular flexibility index (Phi) is 7.92. The fourth-order valence-corrected chi connectivity index (χ4v) is 7.88. The van der Waals surface area contributed by atoms with Crippen molar-refractivity contribution < 1.29 is 15.0 Å². The molecule has 3 aliphatic rings. The van der Waals surface area contributed by atoms with Gasteiger partial charge in [0, 0.05) is 17.5 Å². The van der Waals surface area contributed by atoms with E-state index in [1.54, 1.807) is 5.57 Å². The highest BCUT2D eigenvalue weighted by molar-refractivity contribution is 7.11. The molecule has 3 fully saturated rings. The third kappa shape index (κ3) is 5.68. The van der Waals surface area contributed by atoms with Crippen LogP contribution in [0.1, 0.15) is 100.0 Å². The molecule has 4 rings (SSSR count). The number of hydrogen-bond acceptors (Lipinski definition) is 5. The van der Waals surface area contributed by atoms with Gasteiger partial charge in [-0.15, -0.1) is 11.3 Å². The van der Waals surface area contributed by atoms with Crippen LogP contribution in [0.3, 0.4) is 0 Å². The Labute approximate surface area is 203 Å². The quantitative estimate of drug-likeness (QED) is 0.450.